The van der Waals surface area contributed by atoms with E-state index in [1.807, 2.05) is 18.3 Å². The summed E-state index contributed by atoms with van der Waals surface area (Å²) in [6.07, 6.45) is 4.84. The second-order valence-electron chi connectivity index (χ2n) is 7.00. The molecule has 1 aliphatic heterocycles. The Morgan fingerprint density at radius 1 is 1.35 bits per heavy atom. The van der Waals surface area contributed by atoms with Crippen molar-refractivity contribution in [3.8, 4) is 0 Å². The third-order valence-electron chi connectivity index (χ3n) is 5.47. The maximum absolute atomic E-state index is 14.8. The molecule has 0 saturated heterocycles. The molecule has 134 valence electrons. The van der Waals surface area contributed by atoms with Crippen LogP contribution in [0.2, 0.25) is 6.82 Å². The molecule has 2 unspecified atom stereocenters. The third-order valence-corrected chi connectivity index (χ3v) is 6.42. The summed E-state index contributed by atoms with van der Waals surface area (Å²) in [4.78, 5) is 9.18. The van der Waals surface area contributed by atoms with Crippen molar-refractivity contribution in [1.82, 2.24) is 4.98 Å². The van der Waals surface area contributed by atoms with Gasteiger partial charge in [-0.3, -0.25) is 4.99 Å². The molecular weight excluding hydrogens is 346 g/mol. The molecule has 4 nitrogen and oxygen atoms in total. The molecule has 0 amide bonds. The van der Waals surface area contributed by atoms with Crippen LogP contribution in [0.3, 0.4) is 0 Å². The molecule has 7 heteroatoms. The summed E-state index contributed by atoms with van der Waals surface area (Å²) in [6.45, 7) is 2.10. The molecule has 2 aliphatic rings. The van der Waals surface area contributed by atoms with Gasteiger partial charge in [-0.15, -0.1) is 0 Å². The lowest BCUT2D eigenvalue weighted by molar-refractivity contribution is 0.341. The van der Waals surface area contributed by atoms with Gasteiger partial charge < -0.3 is 11.1 Å². The van der Waals surface area contributed by atoms with Gasteiger partial charge in [0.2, 0.25) is 0 Å². The molecule has 2 aromatic rings. The Balaban J connectivity index is 1.69. The second-order valence-corrected chi connectivity index (χ2v) is 8.04. The van der Waals surface area contributed by atoms with Gasteiger partial charge in [0.05, 0.1) is 5.54 Å². The minimum Gasteiger partial charge on any atom is -0.379 e. The number of thioether (sulfide) groups is 1. The Kier molecular flexibility index (Phi) is 4.65. The van der Waals surface area contributed by atoms with Crippen LogP contribution < -0.4 is 16.5 Å². The first-order valence-electron chi connectivity index (χ1n) is 9.11. The lowest BCUT2D eigenvalue weighted by Gasteiger charge is -2.36. The zero-order valence-corrected chi connectivity index (χ0v) is 15.7. The molecular formula is C19H22BFN4S. The smallest absolute Gasteiger partial charge is 0.156 e. The SMILES string of the molecule is CBc1ccc(Nc2ccc(F)c(C34CCCC3CSC(N)=N4)c2)nc1. The van der Waals surface area contributed by atoms with Gasteiger partial charge in [-0.25, -0.2) is 9.37 Å². The van der Waals surface area contributed by atoms with E-state index in [2.05, 4.69) is 23.2 Å². The number of hydrogen-bond acceptors (Lipinski definition) is 5. The van der Waals surface area contributed by atoms with E-state index in [1.54, 1.807) is 17.8 Å². The van der Waals surface area contributed by atoms with Crippen LogP contribution in [-0.2, 0) is 5.54 Å². The van der Waals surface area contributed by atoms with Crippen molar-refractivity contribution in [3.63, 3.8) is 0 Å². The highest BCUT2D eigenvalue weighted by Crippen LogP contribution is 2.51. The van der Waals surface area contributed by atoms with Crippen molar-refractivity contribution >= 4 is 41.2 Å². The molecule has 0 spiro atoms. The number of nitrogens with zero attached hydrogens (tertiary/aromatic N) is 2. The number of nitrogens with two attached hydrogens (primary N) is 1. The second kappa shape index (κ2) is 6.95. The van der Waals surface area contributed by atoms with Gasteiger partial charge in [-0.05, 0) is 43.0 Å². The summed E-state index contributed by atoms with van der Waals surface area (Å²) >= 11 is 1.58. The minimum atomic E-state index is -0.517. The monoisotopic (exact) mass is 368 g/mol. The molecule has 2 atom stereocenters. The van der Waals surface area contributed by atoms with Crippen LogP contribution in [0.5, 0.6) is 0 Å². The number of aromatic nitrogens is 1. The third kappa shape index (κ3) is 3.09. The highest BCUT2D eigenvalue weighted by atomic mass is 32.2. The number of amidine groups is 1. The standard InChI is InChI=1S/C19H22BFN4S/c1-20-13-4-7-17(23-10-13)24-14-5-6-16(21)15(9-14)19-8-2-3-12(19)11-26-18(22)25-19/h4-7,9-10,12,20H,2-3,8,11H2,1H3,(H2,22,25)(H,23,24). The molecule has 1 fully saturated rings. The quantitative estimate of drug-likeness (QED) is 0.814. The first kappa shape index (κ1) is 17.4. The minimum absolute atomic E-state index is 0.208. The molecule has 0 bridgehead atoms. The van der Waals surface area contributed by atoms with Gasteiger partial charge in [0.25, 0.3) is 0 Å². The van der Waals surface area contributed by atoms with Crippen LogP contribution >= 0.6 is 11.8 Å². The number of hydrogen-bond donors (Lipinski definition) is 2. The van der Waals surface area contributed by atoms with Gasteiger partial charge in [0.1, 0.15) is 11.6 Å². The molecule has 3 N–H and O–H groups in total. The Hall–Kier alpha value is -2.02. The van der Waals surface area contributed by atoms with Gasteiger partial charge in [0, 0.05) is 23.2 Å². The van der Waals surface area contributed by atoms with Crippen molar-refractivity contribution < 1.29 is 4.39 Å². The normalized spacial score (nSPS) is 24.7. The molecule has 1 aromatic heterocycles. The number of fused-ring (bicyclic) bond motifs is 1. The Morgan fingerprint density at radius 2 is 2.23 bits per heavy atom. The van der Waals surface area contributed by atoms with Crippen LogP contribution in [0.4, 0.5) is 15.9 Å². The number of halogens is 1. The van der Waals surface area contributed by atoms with E-state index in [-0.39, 0.29) is 5.82 Å². The van der Waals surface area contributed by atoms with Crippen molar-refractivity contribution in [2.75, 3.05) is 11.1 Å². The Labute approximate surface area is 158 Å². The van der Waals surface area contributed by atoms with Crippen LogP contribution in [0.15, 0.2) is 41.5 Å². The summed E-state index contributed by atoms with van der Waals surface area (Å²) < 4.78 is 14.8. The fourth-order valence-electron chi connectivity index (χ4n) is 4.05. The molecule has 26 heavy (non-hydrogen) atoms. The maximum Gasteiger partial charge on any atom is 0.156 e. The van der Waals surface area contributed by atoms with Crippen LogP contribution in [0.25, 0.3) is 0 Å². The Bertz CT molecular complexity index is 842. The number of benzene rings is 1. The lowest BCUT2D eigenvalue weighted by atomic mass is 9.74. The molecule has 2 heterocycles. The van der Waals surface area contributed by atoms with Gasteiger partial charge in [-0.1, -0.05) is 36.5 Å². The van der Waals surface area contributed by atoms with Crippen molar-refractivity contribution in [2.24, 2.45) is 16.6 Å². The van der Waals surface area contributed by atoms with E-state index in [1.165, 1.54) is 11.5 Å². The summed E-state index contributed by atoms with van der Waals surface area (Å²) in [5.74, 6) is 1.79. The largest absolute Gasteiger partial charge is 0.379 e. The Morgan fingerprint density at radius 3 is 3.00 bits per heavy atom. The van der Waals surface area contributed by atoms with Crippen molar-refractivity contribution in [1.29, 1.82) is 0 Å². The maximum atomic E-state index is 14.8. The van der Waals surface area contributed by atoms with E-state index >= 15 is 0 Å². The van der Waals surface area contributed by atoms with E-state index in [4.69, 9.17) is 10.7 Å². The number of pyridine rings is 1. The van der Waals surface area contributed by atoms with Gasteiger partial charge in [-0.2, -0.15) is 0 Å². The lowest BCUT2D eigenvalue weighted by Crippen LogP contribution is -2.37. The molecule has 1 saturated carbocycles. The first-order chi connectivity index (χ1) is 12.6. The van der Waals surface area contributed by atoms with E-state index in [0.717, 1.165) is 43.8 Å². The molecule has 1 aliphatic carbocycles. The van der Waals surface area contributed by atoms with Crippen molar-refractivity contribution in [2.45, 2.75) is 31.6 Å². The van der Waals surface area contributed by atoms with E-state index < -0.39 is 5.54 Å². The topological polar surface area (TPSA) is 63.3 Å². The predicted octanol–water partition coefficient (Wildman–Crippen LogP) is 3.13. The van der Waals surface area contributed by atoms with E-state index in [0.29, 0.717) is 16.6 Å². The fourth-order valence-corrected chi connectivity index (χ4v) is 5.09. The zero-order chi connectivity index (χ0) is 18.1. The highest BCUT2D eigenvalue weighted by molar-refractivity contribution is 8.13. The fraction of sp³-hybridized carbons (Fsp3) is 0.368. The van der Waals surface area contributed by atoms with Crippen LogP contribution in [-0.4, -0.2) is 23.2 Å². The average molecular weight is 368 g/mol. The first-order valence-corrected chi connectivity index (χ1v) is 10.1. The summed E-state index contributed by atoms with van der Waals surface area (Å²) in [7, 11) is 0.954. The molecule has 1 aromatic carbocycles. The number of anilines is 2. The van der Waals surface area contributed by atoms with E-state index in [9.17, 15) is 4.39 Å². The van der Waals surface area contributed by atoms with Crippen LogP contribution in [0, 0.1) is 11.7 Å². The van der Waals surface area contributed by atoms with Crippen molar-refractivity contribution in [3.05, 3.63) is 47.9 Å². The highest BCUT2D eigenvalue weighted by Gasteiger charge is 2.48. The number of rotatable bonds is 4. The summed E-state index contributed by atoms with van der Waals surface area (Å²) in [5.41, 5.74) is 8.16. The predicted molar refractivity (Wildman–Crippen MR) is 110 cm³/mol. The number of aliphatic imine (C=N–C) groups is 1. The zero-order valence-electron chi connectivity index (χ0n) is 14.8. The van der Waals surface area contributed by atoms with Crippen LogP contribution in [0.1, 0.15) is 24.8 Å². The number of nitrogens with one attached hydrogen (secondary N) is 1. The summed E-state index contributed by atoms with van der Waals surface area (Å²) in [6, 6.07) is 9.16. The molecule has 0 radical (unpaired) electrons. The van der Waals surface area contributed by atoms with Gasteiger partial charge >= 0.3 is 0 Å². The van der Waals surface area contributed by atoms with Gasteiger partial charge in [0.15, 0.2) is 12.4 Å². The average Bonchev–Trinajstić information content (AvgIpc) is 3.07. The summed E-state index contributed by atoms with van der Waals surface area (Å²) in [5, 5.41) is 3.85. The molecule has 4 rings (SSSR count).